The zero-order valence-electron chi connectivity index (χ0n) is 22.6. The molecule has 1 aliphatic carbocycles. The van der Waals surface area contributed by atoms with Crippen LogP contribution in [0.25, 0.3) is 0 Å². The van der Waals surface area contributed by atoms with Crippen LogP contribution in [0, 0.1) is 19.3 Å². The predicted octanol–water partition coefficient (Wildman–Crippen LogP) is 2.94. The van der Waals surface area contributed by atoms with Crippen LogP contribution < -0.4 is 20.9 Å². The SMILES string of the molecule is C#CCNC(=O)c1cnc(Nc2ccc(N3CCN(C)CC3)c(C)c2)nc1Nc1ccc2c(n1)[C@@](C)(O)CC2. The van der Waals surface area contributed by atoms with Crippen LogP contribution in [0.4, 0.5) is 29.0 Å². The fraction of sp³-hybridized carbons (Fsp3) is 0.379. The highest BCUT2D eigenvalue weighted by atomic mass is 16.3. The average Bonchev–Trinajstić information content (AvgIpc) is 3.22. The first-order valence-corrected chi connectivity index (χ1v) is 13.1. The number of aromatic nitrogens is 3. The average molecular weight is 527 g/mol. The van der Waals surface area contributed by atoms with E-state index in [1.54, 1.807) is 6.92 Å². The number of pyridine rings is 1. The lowest BCUT2D eigenvalue weighted by Gasteiger charge is -2.35. The maximum absolute atomic E-state index is 12.8. The molecule has 1 fully saturated rings. The Bertz CT molecular complexity index is 1420. The summed E-state index contributed by atoms with van der Waals surface area (Å²) in [5, 5.41) is 19.8. The Kier molecular flexibility index (Phi) is 7.37. The zero-order valence-corrected chi connectivity index (χ0v) is 22.6. The summed E-state index contributed by atoms with van der Waals surface area (Å²) in [6.07, 6.45) is 8.16. The molecule has 0 bridgehead atoms. The van der Waals surface area contributed by atoms with Gasteiger partial charge in [0.1, 0.15) is 22.8 Å². The highest BCUT2D eigenvalue weighted by molar-refractivity contribution is 5.99. The van der Waals surface area contributed by atoms with Crippen LogP contribution >= 0.6 is 0 Å². The number of aryl methyl sites for hydroxylation is 2. The van der Waals surface area contributed by atoms with Gasteiger partial charge in [-0.2, -0.15) is 4.98 Å². The van der Waals surface area contributed by atoms with E-state index in [-0.39, 0.29) is 17.9 Å². The number of benzene rings is 1. The van der Waals surface area contributed by atoms with E-state index in [4.69, 9.17) is 6.42 Å². The normalized spacial score (nSPS) is 18.8. The number of anilines is 5. The lowest BCUT2D eigenvalue weighted by atomic mass is 10.0. The molecular weight excluding hydrogens is 492 g/mol. The van der Waals surface area contributed by atoms with E-state index in [0.29, 0.717) is 23.9 Å². The van der Waals surface area contributed by atoms with Gasteiger partial charge in [0.15, 0.2) is 0 Å². The van der Waals surface area contributed by atoms with Gasteiger partial charge < -0.3 is 30.9 Å². The fourth-order valence-electron chi connectivity index (χ4n) is 5.04. The van der Waals surface area contributed by atoms with Crippen LogP contribution in [0.1, 0.15) is 40.5 Å². The minimum atomic E-state index is -0.993. The van der Waals surface area contributed by atoms with Gasteiger partial charge in [-0.1, -0.05) is 12.0 Å². The van der Waals surface area contributed by atoms with Gasteiger partial charge in [0, 0.05) is 43.8 Å². The Balaban J connectivity index is 1.40. The highest BCUT2D eigenvalue weighted by Crippen LogP contribution is 2.36. The molecule has 1 amide bonds. The number of terminal acetylenes is 1. The zero-order chi connectivity index (χ0) is 27.6. The first-order valence-electron chi connectivity index (χ1n) is 13.1. The number of hydrogen-bond acceptors (Lipinski definition) is 9. The number of fused-ring (bicyclic) bond motifs is 1. The summed E-state index contributed by atoms with van der Waals surface area (Å²) in [5.41, 5.74) is 4.09. The van der Waals surface area contributed by atoms with Crippen molar-refractivity contribution >= 4 is 34.9 Å². The molecule has 0 radical (unpaired) electrons. The number of carbonyl (C=O) groups excluding carboxylic acids is 1. The van der Waals surface area contributed by atoms with Gasteiger partial charge in [0.2, 0.25) is 5.95 Å². The van der Waals surface area contributed by atoms with Crippen LogP contribution in [0.15, 0.2) is 36.5 Å². The number of piperazine rings is 1. The Labute approximate surface area is 228 Å². The largest absolute Gasteiger partial charge is 0.384 e. The van der Waals surface area contributed by atoms with Crippen molar-refractivity contribution in [3.05, 3.63) is 58.9 Å². The van der Waals surface area contributed by atoms with Crippen LogP contribution in [-0.4, -0.2) is 70.6 Å². The van der Waals surface area contributed by atoms with E-state index in [1.807, 2.05) is 18.2 Å². The molecule has 5 rings (SSSR count). The van der Waals surface area contributed by atoms with Crippen molar-refractivity contribution in [1.29, 1.82) is 0 Å². The summed E-state index contributed by atoms with van der Waals surface area (Å²) in [6, 6.07) is 9.95. The van der Waals surface area contributed by atoms with Gasteiger partial charge in [-0.15, -0.1) is 6.42 Å². The maximum atomic E-state index is 12.8. The summed E-state index contributed by atoms with van der Waals surface area (Å²) in [7, 11) is 2.15. The molecule has 0 saturated carbocycles. The number of amides is 1. The molecule has 3 aromatic rings. The summed E-state index contributed by atoms with van der Waals surface area (Å²) >= 11 is 0. The third kappa shape index (κ3) is 5.79. The lowest BCUT2D eigenvalue weighted by molar-refractivity contribution is 0.0555. The van der Waals surface area contributed by atoms with E-state index in [2.05, 4.69) is 72.7 Å². The molecule has 2 aliphatic rings. The van der Waals surface area contributed by atoms with Crippen molar-refractivity contribution in [2.24, 2.45) is 0 Å². The van der Waals surface area contributed by atoms with Crippen LogP contribution in [0.2, 0.25) is 0 Å². The van der Waals surface area contributed by atoms with Crippen LogP contribution in [-0.2, 0) is 12.0 Å². The number of carbonyl (C=O) groups is 1. The second kappa shape index (κ2) is 10.9. The number of nitrogens with zero attached hydrogens (tertiary/aromatic N) is 5. The first-order chi connectivity index (χ1) is 18.7. The third-order valence-electron chi connectivity index (χ3n) is 7.30. The second-order valence-corrected chi connectivity index (χ2v) is 10.4. The highest BCUT2D eigenvalue weighted by Gasteiger charge is 2.34. The fourth-order valence-corrected chi connectivity index (χ4v) is 5.04. The molecule has 1 aliphatic heterocycles. The number of hydrogen-bond donors (Lipinski definition) is 4. The molecule has 2 aromatic heterocycles. The van der Waals surface area contributed by atoms with Gasteiger partial charge >= 0.3 is 0 Å². The molecule has 10 nitrogen and oxygen atoms in total. The number of aliphatic hydroxyl groups is 1. The molecule has 1 atom stereocenters. The Morgan fingerprint density at radius 2 is 1.95 bits per heavy atom. The molecule has 0 spiro atoms. The summed E-state index contributed by atoms with van der Waals surface area (Å²) in [4.78, 5) is 31.2. The molecule has 39 heavy (non-hydrogen) atoms. The topological polar surface area (TPSA) is 119 Å². The van der Waals surface area contributed by atoms with Crippen molar-refractivity contribution in [2.45, 2.75) is 32.3 Å². The Morgan fingerprint density at radius 1 is 1.15 bits per heavy atom. The minimum Gasteiger partial charge on any atom is -0.384 e. The molecular formula is C29H34N8O2. The maximum Gasteiger partial charge on any atom is 0.257 e. The molecule has 4 N–H and O–H groups in total. The van der Waals surface area contributed by atoms with Gasteiger partial charge in [-0.25, -0.2) is 9.97 Å². The van der Waals surface area contributed by atoms with Crippen molar-refractivity contribution in [1.82, 2.24) is 25.2 Å². The van der Waals surface area contributed by atoms with Crippen LogP contribution in [0.3, 0.4) is 0 Å². The number of rotatable bonds is 7. The van der Waals surface area contributed by atoms with Gasteiger partial charge in [0.25, 0.3) is 5.91 Å². The van der Waals surface area contributed by atoms with Gasteiger partial charge in [0.05, 0.1) is 12.2 Å². The van der Waals surface area contributed by atoms with Crippen molar-refractivity contribution in [2.75, 3.05) is 55.3 Å². The predicted molar refractivity (Wildman–Crippen MR) is 153 cm³/mol. The van der Waals surface area contributed by atoms with Gasteiger partial charge in [-0.3, -0.25) is 4.79 Å². The smallest absolute Gasteiger partial charge is 0.257 e. The molecule has 10 heteroatoms. The van der Waals surface area contributed by atoms with E-state index in [1.165, 1.54) is 11.9 Å². The van der Waals surface area contributed by atoms with Crippen LogP contribution in [0.5, 0.6) is 0 Å². The Morgan fingerprint density at radius 3 is 2.69 bits per heavy atom. The van der Waals surface area contributed by atoms with Crippen molar-refractivity contribution in [3.63, 3.8) is 0 Å². The lowest BCUT2D eigenvalue weighted by Crippen LogP contribution is -2.44. The van der Waals surface area contributed by atoms with E-state index in [0.717, 1.165) is 49.4 Å². The summed E-state index contributed by atoms with van der Waals surface area (Å²) in [5.74, 6) is 3.07. The molecule has 3 heterocycles. The standard InChI is InChI=1S/C29H34N8O2/c1-5-12-30-27(38)22-18-31-28(32-21-7-8-23(19(2)17-21)37-15-13-36(4)14-16-37)35-26(22)34-24-9-6-20-10-11-29(3,39)25(20)33-24/h1,6-9,17-18,39H,10-16H2,2-4H3,(H,30,38)(H2,31,32,33,34,35)/t29-/m0/s1. The quantitative estimate of drug-likeness (QED) is 0.345. The minimum absolute atomic E-state index is 0.0805. The van der Waals surface area contributed by atoms with Crippen molar-refractivity contribution in [3.8, 4) is 12.3 Å². The molecule has 1 aromatic carbocycles. The molecule has 202 valence electrons. The number of likely N-dealkylation sites (N-methyl/N-ethyl adjacent to an activating group) is 1. The van der Waals surface area contributed by atoms with E-state index in [9.17, 15) is 9.90 Å². The number of nitrogens with one attached hydrogen (secondary N) is 3. The van der Waals surface area contributed by atoms with Crippen molar-refractivity contribution < 1.29 is 9.90 Å². The molecule has 1 saturated heterocycles. The van der Waals surface area contributed by atoms with Gasteiger partial charge in [-0.05, 0) is 69.1 Å². The Hall–Kier alpha value is -4.20. The monoisotopic (exact) mass is 526 g/mol. The summed E-state index contributed by atoms with van der Waals surface area (Å²) < 4.78 is 0. The third-order valence-corrected chi connectivity index (χ3v) is 7.30. The first kappa shape index (κ1) is 26.4. The molecule has 0 unspecified atom stereocenters. The van der Waals surface area contributed by atoms with E-state index < -0.39 is 11.5 Å². The van der Waals surface area contributed by atoms with E-state index >= 15 is 0 Å². The second-order valence-electron chi connectivity index (χ2n) is 10.4. The summed E-state index contributed by atoms with van der Waals surface area (Å²) in [6.45, 7) is 8.02.